The van der Waals surface area contributed by atoms with Gasteiger partial charge in [0.05, 0.1) is 0 Å². The van der Waals surface area contributed by atoms with E-state index >= 15 is 0 Å². The van der Waals surface area contributed by atoms with Crippen molar-refractivity contribution in [1.82, 2.24) is 9.80 Å². The molecule has 2 fully saturated rings. The number of rotatable bonds is 4. The van der Waals surface area contributed by atoms with Crippen LogP contribution < -0.4 is 5.73 Å². The number of carbonyl (C=O) groups is 2. The van der Waals surface area contributed by atoms with Gasteiger partial charge in [-0.3, -0.25) is 4.79 Å². The number of carbonyl (C=O) groups excluding carboxylic acids is 2. The molecule has 2 aliphatic rings. The van der Waals surface area contributed by atoms with E-state index in [2.05, 4.69) is 31.2 Å². The smallest absolute Gasteiger partial charge is 0.223 e. The second kappa shape index (κ2) is 9.51. The molecule has 0 radical (unpaired) electrons. The number of aryl methyl sites for hydroxylation is 1. The van der Waals surface area contributed by atoms with Crippen LogP contribution in [0, 0.1) is 5.41 Å². The van der Waals surface area contributed by atoms with E-state index in [9.17, 15) is 9.59 Å². The van der Waals surface area contributed by atoms with E-state index in [0.717, 1.165) is 38.9 Å². The minimum Gasteiger partial charge on any atom is -0.376 e. The van der Waals surface area contributed by atoms with Crippen molar-refractivity contribution >= 4 is 29.5 Å². The van der Waals surface area contributed by atoms with Gasteiger partial charge in [0.1, 0.15) is 6.29 Å². The van der Waals surface area contributed by atoms with Crippen LogP contribution >= 0.6 is 12.2 Å². The zero-order valence-electron chi connectivity index (χ0n) is 14.1. The Kier molecular flexibility index (Phi) is 8.03. The second-order valence-corrected chi connectivity index (χ2v) is 6.91. The third-order valence-electron chi connectivity index (χ3n) is 4.50. The fourth-order valence-corrected chi connectivity index (χ4v) is 3.24. The van der Waals surface area contributed by atoms with Gasteiger partial charge in [-0.25, -0.2) is 0 Å². The van der Waals surface area contributed by atoms with E-state index in [0.29, 0.717) is 18.0 Å². The van der Waals surface area contributed by atoms with Gasteiger partial charge in [-0.05, 0) is 24.2 Å². The minimum atomic E-state index is 0. The number of benzene rings is 1. The van der Waals surface area contributed by atoms with Gasteiger partial charge in [0, 0.05) is 44.4 Å². The van der Waals surface area contributed by atoms with Gasteiger partial charge in [-0.15, -0.1) is 0 Å². The summed E-state index contributed by atoms with van der Waals surface area (Å²) in [5.74, 6) is 0.0755. The molecule has 0 saturated carbocycles. The molecule has 6 heteroatoms. The van der Waals surface area contributed by atoms with E-state index in [1.807, 2.05) is 11.0 Å². The normalized spacial score (nSPS) is 16.5. The Morgan fingerprint density at radius 1 is 1.20 bits per heavy atom. The molecule has 1 aromatic carbocycles. The predicted octanol–water partition coefficient (Wildman–Crippen LogP) is 2.24. The highest BCUT2D eigenvalue weighted by Gasteiger charge is 2.53. The summed E-state index contributed by atoms with van der Waals surface area (Å²) >= 11 is 4.87. The van der Waals surface area contributed by atoms with Crippen LogP contribution in [0.1, 0.15) is 32.8 Å². The van der Waals surface area contributed by atoms with Crippen molar-refractivity contribution < 1.29 is 9.59 Å². The van der Waals surface area contributed by atoms with Crippen LogP contribution in [0.25, 0.3) is 0 Å². The maximum absolute atomic E-state index is 11.5. The zero-order chi connectivity index (χ0) is 17.6. The van der Waals surface area contributed by atoms with E-state index in [1.54, 1.807) is 4.90 Å². The van der Waals surface area contributed by atoms with Crippen molar-refractivity contribution in [1.29, 1.82) is 0 Å². The zero-order valence-corrected chi connectivity index (χ0v) is 14.9. The molecule has 0 aliphatic carbocycles. The molecule has 5 nitrogen and oxygen atoms in total. The number of thiocarbonyl (C=S) groups is 1. The molecule has 1 amide bonds. The minimum absolute atomic E-state index is 0. The highest BCUT2D eigenvalue weighted by atomic mass is 32.1. The summed E-state index contributed by atoms with van der Waals surface area (Å²) in [5, 5.41) is 0.441. The molecular formula is C19H29N3O2S. The van der Waals surface area contributed by atoms with E-state index in [1.165, 1.54) is 5.56 Å². The molecular weight excluding hydrogens is 334 g/mol. The first-order chi connectivity index (χ1) is 11.5. The summed E-state index contributed by atoms with van der Waals surface area (Å²) in [6.07, 6.45) is 2.58. The lowest BCUT2D eigenvalue weighted by Crippen LogP contribution is -2.74. The number of nitrogens with zero attached hydrogens (tertiary/aromatic N) is 2. The Morgan fingerprint density at radius 3 is 2.20 bits per heavy atom. The lowest BCUT2D eigenvalue weighted by atomic mass is 9.73. The summed E-state index contributed by atoms with van der Waals surface area (Å²) in [6, 6.07) is 10.5. The fraction of sp³-hybridized carbons (Fsp3) is 0.526. The van der Waals surface area contributed by atoms with Crippen LogP contribution in [-0.4, -0.2) is 53.3 Å². The quantitative estimate of drug-likeness (QED) is 0.656. The Balaban J connectivity index is 0.000000295. The van der Waals surface area contributed by atoms with Gasteiger partial charge in [-0.2, -0.15) is 0 Å². The third kappa shape index (κ3) is 5.53. The Bertz CT molecular complexity index is 578. The maximum Gasteiger partial charge on any atom is 0.223 e. The predicted molar refractivity (Wildman–Crippen MR) is 105 cm³/mol. The van der Waals surface area contributed by atoms with E-state index in [4.69, 9.17) is 18.0 Å². The third-order valence-corrected chi connectivity index (χ3v) is 4.75. The van der Waals surface area contributed by atoms with E-state index in [-0.39, 0.29) is 18.7 Å². The largest absolute Gasteiger partial charge is 0.376 e. The van der Waals surface area contributed by atoms with Crippen molar-refractivity contribution in [2.24, 2.45) is 11.1 Å². The average molecular weight is 364 g/mol. The van der Waals surface area contributed by atoms with Gasteiger partial charge >= 0.3 is 0 Å². The van der Waals surface area contributed by atoms with Crippen LogP contribution in [0.3, 0.4) is 0 Å². The Hall–Kier alpha value is -1.95. The van der Waals surface area contributed by atoms with Crippen molar-refractivity contribution in [2.75, 3.05) is 26.2 Å². The molecule has 2 N–H and O–H groups in total. The number of aldehydes is 1. The summed E-state index contributed by atoms with van der Waals surface area (Å²) in [4.78, 5) is 25.4. The van der Waals surface area contributed by atoms with Gasteiger partial charge in [-0.1, -0.05) is 44.7 Å². The summed E-state index contributed by atoms with van der Waals surface area (Å²) < 4.78 is 0. The van der Waals surface area contributed by atoms with Crippen LogP contribution in [0.2, 0.25) is 0 Å². The summed E-state index contributed by atoms with van der Waals surface area (Å²) in [5.41, 5.74) is 7.13. The molecule has 0 aromatic heterocycles. The second-order valence-electron chi connectivity index (χ2n) is 6.49. The van der Waals surface area contributed by atoms with Gasteiger partial charge < -0.3 is 20.3 Å². The number of likely N-dealkylation sites (tertiary alicyclic amines) is 2. The van der Waals surface area contributed by atoms with Crippen molar-refractivity contribution in [3.8, 4) is 0 Å². The summed E-state index contributed by atoms with van der Waals surface area (Å²) in [7, 11) is 0. The monoisotopic (exact) mass is 363 g/mol. The SMILES string of the molecule is C.CCc1ccccc1.NC(=S)N1CC2(CN(C(=O)CCC=O)C2)C1. The molecule has 3 rings (SSSR count). The van der Waals surface area contributed by atoms with Gasteiger partial charge in [0.2, 0.25) is 5.91 Å². The summed E-state index contributed by atoms with van der Waals surface area (Å²) in [6.45, 7) is 5.45. The molecule has 1 aromatic rings. The first-order valence-corrected chi connectivity index (χ1v) is 8.70. The first kappa shape index (κ1) is 21.1. The molecule has 2 saturated heterocycles. The lowest BCUT2D eigenvalue weighted by Gasteiger charge is -2.60. The number of amides is 1. The van der Waals surface area contributed by atoms with Crippen LogP contribution in [-0.2, 0) is 16.0 Å². The molecule has 25 heavy (non-hydrogen) atoms. The van der Waals surface area contributed by atoms with Crippen molar-refractivity contribution in [2.45, 2.75) is 33.6 Å². The Labute approximate surface area is 156 Å². The molecule has 0 bridgehead atoms. The lowest BCUT2D eigenvalue weighted by molar-refractivity contribution is -0.153. The molecule has 138 valence electrons. The number of hydrogen-bond acceptors (Lipinski definition) is 3. The molecule has 0 atom stereocenters. The number of hydrogen-bond donors (Lipinski definition) is 1. The van der Waals surface area contributed by atoms with Gasteiger partial charge in [0.15, 0.2) is 5.11 Å². The molecule has 2 aliphatic heterocycles. The number of nitrogens with two attached hydrogens (primary N) is 1. The van der Waals surface area contributed by atoms with Crippen LogP contribution in [0.5, 0.6) is 0 Å². The first-order valence-electron chi connectivity index (χ1n) is 8.29. The molecule has 1 spiro atoms. The fourth-order valence-electron chi connectivity index (χ4n) is 3.11. The topological polar surface area (TPSA) is 66.6 Å². The molecule has 2 heterocycles. The van der Waals surface area contributed by atoms with Crippen molar-refractivity contribution in [3.63, 3.8) is 0 Å². The molecule has 0 unspecified atom stereocenters. The standard InChI is InChI=1S/C10H15N3O2S.C8H10.CH4/c11-9(16)13-6-10(7-13)4-12(5-10)8(15)2-1-3-14;1-2-8-6-4-3-5-7-8;/h3H,1-2,4-7H2,(H2,11,16);3-7H,2H2,1H3;1H4. The maximum atomic E-state index is 11.5. The van der Waals surface area contributed by atoms with Crippen molar-refractivity contribution in [3.05, 3.63) is 35.9 Å². The highest BCUT2D eigenvalue weighted by molar-refractivity contribution is 7.80. The highest BCUT2D eigenvalue weighted by Crippen LogP contribution is 2.39. The van der Waals surface area contributed by atoms with Gasteiger partial charge in [0.25, 0.3) is 0 Å². The van der Waals surface area contributed by atoms with Crippen LogP contribution in [0.15, 0.2) is 30.3 Å². The Morgan fingerprint density at radius 2 is 1.76 bits per heavy atom. The van der Waals surface area contributed by atoms with Crippen LogP contribution in [0.4, 0.5) is 0 Å². The van der Waals surface area contributed by atoms with E-state index < -0.39 is 0 Å². The average Bonchev–Trinajstić information content (AvgIpc) is 2.51.